The van der Waals surface area contributed by atoms with Gasteiger partial charge in [-0.15, -0.1) is 0 Å². The first-order valence-corrected chi connectivity index (χ1v) is 5.23. The highest BCUT2D eigenvalue weighted by atomic mass is 19.4. The third-order valence-electron chi connectivity index (χ3n) is 2.54. The fourth-order valence-electron chi connectivity index (χ4n) is 1.44. The molecule has 0 aromatic rings. The van der Waals surface area contributed by atoms with Crippen molar-refractivity contribution < 1.29 is 17.9 Å². The van der Waals surface area contributed by atoms with E-state index in [2.05, 4.69) is 15.7 Å². The van der Waals surface area contributed by atoms with E-state index in [0.29, 0.717) is 6.61 Å². The lowest BCUT2D eigenvalue weighted by atomic mass is 10.2. The molecule has 1 saturated carbocycles. The van der Waals surface area contributed by atoms with E-state index in [-0.39, 0.29) is 24.8 Å². The number of halogens is 3. The minimum Gasteiger partial charge on any atom is -0.382 e. The molecule has 4 N–H and O–H groups in total. The molecule has 0 spiro atoms. The van der Waals surface area contributed by atoms with Gasteiger partial charge in [0.15, 0.2) is 0 Å². The molecule has 100 valence electrons. The Labute approximate surface area is 97.6 Å². The molecule has 0 amide bonds. The molecule has 1 aliphatic carbocycles. The molecule has 1 aliphatic rings. The van der Waals surface area contributed by atoms with E-state index in [1.807, 2.05) is 0 Å². The highest BCUT2D eigenvalue weighted by Crippen LogP contribution is 2.48. The molecular formula is C9H17F3N4O. The van der Waals surface area contributed by atoms with E-state index in [4.69, 9.17) is 10.6 Å². The van der Waals surface area contributed by atoms with Crippen LogP contribution in [0.15, 0.2) is 4.99 Å². The summed E-state index contributed by atoms with van der Waals surface area (Å²) in [5.74, 6) is 5.08. The highest BCUT2D eigenvalue weighted by molar-refractivity contribution is 5.80. The van der Waals surface area contributed by atoms with Gasteiger partial charge >= 0.3 is 6.18 Å². The second kappa shape index (κ2) is 5.09. The Bertz CT molecular complexity index is 288. The molecule has 0 bridgehead atoms. The first-order valence-electron chi connectivity index (χ1n) is 5.23. The number of rotatable bonds is 4. The van der Waals surface area contributed by atoms with Gasteiger partial charge in [-0.05, 0) is 19.8 Å². The Hall–Kier alpha value is -1.02. The molecule has 0 radical (unpaired) electrons. The number of ether oxygens (including phenoxy) is 1. The summed E-state index contributed by atoms with van der Waals surface area (Å²) in [5.41, 5.74) is 0.273. The van der Waals surface area contributed by atoms with Crippen LogP contribution in [0.3, 0.4) is 0 Å². The van der Waals surface area contributed by atoms with Crippen LogP contribution in [0, 0.1) is 0 Å². The number of nitrogens with one attached hydrogen (secondary N) is 2. The Morgan fingerprint density at radius 3 is 2.47 bits per heavy atom. The fourth-order valence-corrected chi connectivity index (χ4v) is 1.44. The van der Waals surface area contributed by atoms with Crippen LogP contribution in [-0.2, 0) is 4.74 Å². The Morgan fingerprint density at radius 1 is 1.53 bits per heavy atom. The predicted octanol–water partition coefficient (Wildman–Crippen LogP) is 0.525. The van der Waals surface area contributed by atoms with Gasteiger partial charge in [0.05, 0.1) is 12.6 Å². The molecule has 8 heteroatoms. The molecule has 0 heterocycles. The maximum absolute atomic E-state index is 12.7. The zero-order valence-electron chi connectivity index (χ0n) is 9.77. The third-order valence-corrected chi connectivity index (χ3v) is 2.54. The lowest BCUT2D eigenvalue weighted by molar-refractivity contribution is -0.161. The molecule has 1 atom stereocenters. The van der Waals surface area contributed by atoms with Gasteiger partial charge in [-0.1, -0.05) is 0 Å². The van der Waals surface area contributed by atoms with Crippen molar-refractivity contribution in [1.29, 1.82) is 0 Å². The minimum atomic E-state index is -4.30. The van der Waals surface area contributed by atoms with Crippen LogP contribution in [0.2, 0.25) is 0 Å². The Morgan fingerprint density at radius 2 is 2.12 bits per heavy atom. The first-order chi connectivity index (χ1) is 7.84. The number of nitrogens with zero attached hydrogens (tertiary/aromatic N) is 1. The number of methoxy groups -OCH3 is 1. The van der Waals surface area contributed by atoms with Crippen molar-refractivity contribution in [3.63, 3.8) is 0 Å². The van der Waals surface area contributed by atoms with Gasteiger partial charge in [0.25, 0.3) is 0 Å². The van der Waals surface area contributed by atoms with Crippen molar-refractivity contribution in [2.75, 3.05) is 13.7 Å². The summed E-state index contributed by atoms with van der Waals surface area (Å²) in [6, 6.07) is -0.275. The van der Waals surface area contributed by atoms with E-state index in [0.717, 1.165) is 0 Å². The van der Waals surface area contributed by atoms with Crippen LogP contribution < -0.4 is 16.6 Å². The van der Waals surface area contributed by atoms with Crippen molar-refractivity contribution in [2.24, 2.45) is 10.8 Å². The van der Waals surface area contributed by atoms with Crippen LogP contribution >= 0.6 is 0 Å². The average Bonchev–Trinajstić information content (AvgIpc) is 2.97. The molecular weight excluding hydrogens is 237 g/mol. The van der Waals surface area contributed by atoms with Gasteiger partial charge < -0.3 is 10.1 Å². The largest absolute Gasteiger partial charge is 0.411 e. The zero-order valence-corrected chi connectivity index (χ0v) is 9.77. The summed E-state index contributed by atoms with van der Waals surface area (Å²) in [5, 5.41) is 2.32. The summed E-state index contributed by atoms with van der Waals surface area (Å²) < 4.78 is 42.8. The van der Waals surface area contributed by atoms with E-state index in [1.54, 1.807) is 6.92 Å². The summed E-state index contributed by atoms with van der Waals surface area (Å²) in [6.07, 6.45) is -4.22. The van der Waals surface area contributed by atoms with Crippen molar-refractivity contribution in [1.82, 2.24) is 10.7 Å². The van der Waals surface area contributed by atoms with E-state index < -0.39 is 11.7 Å². The number of guanidine groups is 1. The second-order valence-electron chi connectivity index (χ2n) is 4.13. The van der Waals surface area contributed by atoms with Crippen molar-refractivity contribution >= 4 is 5.96 Å². The van der Waals surface area contributed by atoms with Crippen LogP contribution in [0.5, 0.6) is 0 Å². The fraction of sp³-hybridized carbons (Fsp3) is 0.889. The summed E-state index contributed by atoms with van der Waals surface area (Å²) in [6.45, 7) is 2.03. The normalized spacial score (nSPS) is 20.9. The highest BCUT2D eigenvalue weighted by Gasteiger charge is 2.64. The maximum atomic E-state index is 12.7. The summed E-state index contributed by atoms with van der Waals surface area (Å²) in [7, 11) is 1.49. The molecule has 1 unspecified atom stereocenters. The number of nitrogens with two attached hydrogens (primary N) is 1. The minimum absolute atomic E-state index is 0.0376. The van der Waals surface area contributed by atoms with Crippen LogP contribution in [-0.4, -0.2) is 37.4 Å². The Balaban J connectivity index is 2.65. The van der Waals surface area contributed by atoms with Crippen LogP contribution in [0.25, 0.3) is 0 Å². The van der Waals surface area contributed by atoms with Crippen LogP contribution in [0.1, 0.15) is 19.8 Å². The molecule has 17 heavy (non-hydrogen) atoms. The number of alkyl halides is 3. The lowest BCUT2D eigenvalue weighted by Gasteiger charge is -2.23. The summed E-state index contributed by atoms with van der Waals surface area (Å²) in [4.78, 5) is 3.97. The second-order valence-corrected chi connectivity index (χ2v) is 4.13. The van der Waals surface area contributed by atoms with Crippen molar-refractivity contribution in [3.05, 3.63) is 0 Å². The van der Waals surface area contributed by atoms with E-state index >= 15 is 0 Å². The molecule has 1 fully saturated rings. The SMILES string of the molecule is COCC(C)N=C(NN)NC1(C(F)(F)F)CC1. The molecule has 1 rings (SSSR count). The monoisotopic (exact) mass is 254 g/mol. The number of hydrogen-bond donors (Lipinski definition) is 3. The first kappa shape index (κ1) is 14.0. The van der Waals surface area contributed by atoms with Crippen molar-refractivity contribution in [3.8, 4) is 0 Å². The quantitative estimate of drug-likeness (QED) is 0.296. The maximum Gasteiger partial charge on any atom is 0.411 e. The number of hydrogen-bond acceptors (Lipinski definition) is 3. The lowest BCUT2D eigenvalue weighted by Crippen LogP contribution is -2.54. The molecule has 0 aromatic carbocycles. The smallest absolute Gasteiger partial charge is 0.382 e. The topological polar surface area (TPSA) is 71.7 Å². The van der Waals surface area contributed by atoms with E-state index in [9.17, 15) is 13.2 Å². The van der Waals surface area contributed by atoms with Gasteiger partial charge in [0, 0.05) is 7.11 Å². The van der Waals surface area contributed by atoms with Crippen LogP contribution in [0.4, 0.5) is 13.2 Å². The molecule has 0 aromatic heterocycles. The van der Waals surface area contributed by atoms with Crippen molar-refractivity contribution in [2.45, 2.75) is 37.5 Å². The molecule has 5 nitrogen and oxygen atoms in total. The standard InChI is InChI=1S/C9H17F3N4O/c1-6(5-17-2)14-7(16-13)15-8(3-4-8)9(10,11)12/h6H,3-5,13H2,1-2H3,(H2,14,15,16). The van der Waals surface area contributed by atoms with E-state index in [1.165, 1.54) is 7.11 Å². The zero-order chi connectivity index (χ0) is 13.1. The molecule has 0 saturated heterocycles. The summed E-state index contributed by atoms with van der Waals surface area (Å²) >= 11 is 0. The number of aliphatic imine (C=N–C) groups is 1. The molecule has 0 aliphatic heterocycles. The van der Waals surface area contributed by atoms with Gasteiger partial charge in [-0.2, -0.15) is 13.2 Å². The van der Waals surface area contributed by atoms with Gasteiger partial charge in [-0.25, -0.2) is 10.8 Å². The predicted molar refractivity (Wildman–Crippen MR) is 57.3 cm³/mol. The Kier molecular flexibility index (Phi) is 4.21. The van der Waals surface area contributed by atoms with Gasteiger partial charge in [-0.3, -0.25) is 5.43 Å². The third kappa shape index (κ3) is 3.47. The van der Waals surface area contributed by atoms with Gasteiger partial charge in [0.1, 0.15) is 5.54 Å². The van der Waals surface area contributed by atoms with Gasteiger partial charge in [0.2, 0.25) is 5.96 Å². The number of hydrazine groups is 1. The average molecular weight is 254 g/mol.